The molecule has 2 aromatic carbocycles. The number of rotatable bonds is 7. The molecule has 140 valence electrons. The van der Waals surface area contributed by atoms with Crippen LogP contribution >= 0.6 is 0 Å². The van der Waals surface area contributed by atoms with Gasteiger partial charge in [0.1, 0.15) is 12.6 Å². The smallest absolute Gasteiger partial charge is 0.302 e. The average molecular weight is 367 g/mol. The molecule has 0 saturated heterocycles. The van der Waals surface area contributed by atoms with Crippen molar-refractivity contribution in [1.82, 2.24) is 4.90 Å². The van der Waals surface area contributed by atoms with Crippen molar-refractivity contribution >= 4 is 17.8 Å². The summed E-state index contributed by atoms with van der Waals surface area (Å²) in [5.41, 5.74) is 1.68. The third kappa shape index (κ3) is 4.06. The second-order valence-electron chi connectivity index (χ2n) is 6.40. The number of carbonyl (C=O) groups is 3. The van der Waals surface area contributed by atoms with Crippen LogP contribution in [0, 0.1) is 0 Å². The van der Waals surface area contributed by atoms with Gasteiger partial charge in [0.05, 0.1) is 23.8 Å². The standard InChI is InChI=1S/C21H21NO5/c1-14(26-12-16-8-4-3-5-9-16)19(13-27-15(2)23)22-20(24)17-10-6-7-11-18(17)21(22)25/h3-11,14,19H,12-13H2,1-2H3/t14-,19-/m0/s1. The maximum Gasteiger partial charge on any atom is 0.302 e. The molecule has 2 atom stereocenters. The summed E-state index contributed by atoms with van der Waals surface area (Å²) in [6.45, 7) is 3.26. The van der Waals surface area contributed by atoms with Crippen LogP contribution in [0.2, 0.25) is 0 Å². The molecule has 0 fully saturated rings. The van der Waals surface area contributed by atoms with Crippen LogP contribution in [0.5, 0.6) is 0 Å². The molecule has 1 heterocycles. The Bertz CT molecular complexity index is 814. The Morgan fingerprint density at radius 1 is 0.963 bits per heavy atom. The predicted octanol–water partition coefficient (Wildman–Crippen LogP) is 2.82. The molecule has 0 aromatic heterocycles. The number of nitrogens with zero attached hydrogens (tertiary/aromatic N) is 1. The zero-order valence-electron chi connectivity index (χ0n) is 15.3. The molecular weight excluding hydrogens is 346 g/mol. The average Bonchev–Trinajstić information content (AvgIpc) is 2.92. The van der Waals surface area contributed by atoms with Crippen molar-refractivity contribution in [2.45, 2.75) is 32.6 Å². The highest BCUT2D eigenvalue weighted by Gasteiger charge is 2.42. The third-order valence-corrected chi connectivity index (χ3v) is 4.51. The number of esters is 1. The van der Waals surface area contributed by atoms with Crippen molar-refractivity contribution < 1.29 is 23.9 Å². The van der Waals surface area contributed by atoms with Gasteiger partial charge in [-0.05, 0) is 24.6 Å². The van der Waals surface area contributed by atoms with Crippen molar-refractivity contribution in [1.29, 1.82) is 0 Å². The van der Waals surface area contributed by atoms with Crippen LogP contribution in [0.15, 0.2) is 54.6 Å². The zero-order chi connectivity index (χ0) is 19.4. The molecule has 0 unspecified atom stereocenters. The molecule has 1 aliphatic rings. The van der Waals surface area contributed by atoms with Crippen LogP contribution in [-0.4, -0.2) is 41.4 Å². The van der Waals surface area contributed by atoms with E-state index in [1.807, 2.05) is 30.3 Å². The minimum absolute atomic E-state index is 0.114. The highest BCUT2D eigenvalue weighted by molar-refractivity contribution is 6.21. The van der Waals surface area contributed by atoms with Gasteiger partial charge >= 0.3 is 5.97 Å². The fourth-order valence-electron chi connectivity index (χ4n) is 3.04. The van der Waals surface area contributed by atoms with Crippen LogP contribution in [0.1, 0.15) is 40.1 Å². The Kier molecular flexibility index (Phi) is 5.66. The number of ether oxygens (including phenoxy) is 2. The molecule has 0 N–H and O–H groups in total. The Labute approximate surface area is 157 Å². The largest absolute Gasteiger partial charge is 0.464 e. The van der Waals surface area contributed by atoms with Gasteiger partial charge in [-0.25, -0.2) is 0 Å². The summed E-state index contributed by atoms with van der Waals surface area (Å²) in [6, 6.07) is 15.5. The maximum absolute atomic E-state index is 12.8. The second-order valence-corrected chi connectivity index (χ2v) is 6.40. The molecule has 0 bridgehead atoms. The van der Waals surface area contributed by atoms with Crippen LogP contribution < -0.4 is 0 Å². The van der Waals surface area contributed by atoms with Crippen LogP contribution in [0.3, 0.4) is 0 Å². The molecule has 0 radical (unpaired) electrons. The lowest BCUT2D eigenvalue weighted by Crippen LogP contribution is -2.49. The molecule has 27 heavy (non-hydrogen) atoms. The van der Waals surface area contributed by atoms with E-state index in [2.05, 4.69) is 0 Å². The molecular formula is C21H21NO5. The van der Waals surface area contributed by atoms with Gasteiger partial charge < -0.3 is 9.47 Å². The number of fused-ring (bicyclic) bond motifs is 1. The third-order valence-electron chi connectivity index (χ3n) is 4.51. The van der Waals surface area contributed by atoms with E-state index >= 15 is 0 Å². The van der Waals surface area contributed by atoms with Gasteiger partial charge in [-0.3, -0.25) is 19.3 Å². The molecule has 2 amide bonds. The summed E-state index contributed by atoms with van der Waals surface area (Å²) in [7, 11) is 0. The highest BCUT2D eigenvalue weighted by Crippen LogP contribution is 2.26. The van der Waals surface area contributed by atoms with Gasteiger partial charge in [0.15, 0.2) is 0 Å². The number of imide groups is 1. The van der Waals surface area contributed by atoms with E-state index in [9.17, 15) is 14.4 Å². The lowest BCUT2D eigenvalue weighted by atomic mass is 10.1. The summed E-state index contributed by atoms with van der Waals surface area (Å²) in [4.78, 5) is 38.0. The molecule has 6 heteroatoms. The van der Waals surface area contributed by atoms with Gasteiger partial charge in [-0.15, -0.1) is 0 Å². The van der Waals surface area contributed by atoms with E-state index < -0.39 is 29.9 Å². The fraction of sp³-hybridized carbons (Fsp3) is 0.286. The normalized spacial score (nSPS) is 15.4. The first-order chi connectivity index (χ1) is 13.0. The first kappa shape index (κ1) is 18.8. The van der Waals surface area contributed by atoms with Gasteiger partial charge in [0.2, 0.25) is 0 Å². The molecule has 0 aliphatic carbocycles. The lowest BCUT2D eigenvalue weighted by Gasteiger charge is -2.30. The quantitative estimate of drug-likeness (QED) is 0.556. The van der Waals surface area contributed by atoms with Gasteiger partial charge in [0.25, 0.3) is 11.8 Å². The number of benzene rings is 2. The number of amides is 2. The minimum atomic E-state index is -0.718. The maximum atomic E-state index is 12.8. The monoisotopic (exact) mass is 367 g/mol. The first-order valence-corrected chi connectivity index (χ1v) is 8.75. The van der Waals surface area contributed by atoms with E-state index in [-0.39, 0.29) is 6.61 Å². The van der Waals surface area contributed by atoms with Crippen molar-refractivity contribution in [3.8, 4) is 0 Å². The Morgan fingerprint density at radius 3 is 2.07 bits per heavy atom. The highest BCUT2D eigenvalue weighted by atomic mass is 16.5. The van der Waals surface area contributed by atoms with E-state index in [1.165, 1.54) is 6.92 Å². The number of hydrogen-bond acceptors (Lipinski definition) is 5. The molecule has 3 rings (SSSR count). The lowest BCUT2D eigenvalue weighted by molar-refractivity contribution is -0.144. The first-order valence-electron chi connectivity index (χ1n) is 8.75. The Morgan fingerprint density at radius 2 is 1.52 bits per heavy atom. The van der Waals surface area contributed by atoms with E-state index in [0.717, 1.165) is 10.5 Å². The van der Waals surface area contributed by atoms with Crippen molar-refractivity contribution in [2.24, 2.45) is 0 Å². The van der Waals surface area contributed by atoms with Crippen molar-refractivity contribution in [2.75, 3.05) is 6.61 Å². The van der Waals surface area contributed by atoms with Crippen LogP contribution in [0.25, 0.3) is 0 Å². The van der Waals surface area contributed by atoms with Crippen LogP contribution in [0.4, 0.5) is 0 Å². The summed E-state index contributed by atoms with van der Waals surface area (Å²) in [6.07, 6.45) is -0.522. The zero-order valence-corrected chi connectivity index (χ0v) is 15.3. The second kappa shape index (κ2) is 8.14. The van der Waals surface area contributed by atoms with Crippen LogP contribution in [-0.2, 0) is 20.9 Å². The summed E-state index contributed by atoms with van der Waals surface area (Å²) < 4.78 is 11.0. The predicted molar refractivity (Wildman–Crippen MR) is 98.1 cm³/mol. The van der Waals surface area contributed by atoms with Gasteiger partial charge in [-0.2, -0.15) is 0 Å². The molecule has 2 aromatic rings. The summed E-state index contributed by atoms with van der Waals surface area (Å²) in [5, 5.41) is 0. The summed E-state index contributed by atoms with van der Waals surface area (Å²) >= 11 is 0. The number of hydrogen-bond donors (Lipinski definition) is 0. The fourth-order valence-corrected chi connectivity index (χ4v) is 3.04. The Balaban J connectivity index is 1.80. The molecule has 1 aliphatic heterocycles. The summed E-state index contributed by atoms with van der Waals surface area (Å²) in [5.74, 6) is -1.28. The van der Waals surface area contributed by atoms with Gasteiger partial charge in [-0.1, -0.05) is 42.5 Å². The topological polar surface area (TPSA) is 72.9 Å². The molecule has 0 spiro atoms. The van der Waals surface area contributed by atoms with Gasteiger partial charge in [0, 0.05) is 6.92 Å². The Hall–Kier alpha value is -2.99. The molecule has 0 saturated carbocycles. The van der Waals surface area contributed by atoms with E-state index in [0.29, 0.717) is 17.7 Å². The minimum Gasteiger partial charge on any atom is -0.464 e. The SMILES string of the molecule is CC(=O)OC[C@@H]([C@H](C)OCc1ccccc1)N1C(=O)c2ccccc2C1=O. The van der Waals surface area contributed by atoms with Crippen molar-refractivity contribution in [3.63, 3.8) is 0 Å². The van der Waals surface area contributed by atoms with E-state index in [4.69, 9.17) is 9.47 Å². The molecule has 6 nitrogen and oxygen atoms in total. The van der Waals surface area contributed by atoms with Crippen molar-refractivity contribution in [3.05, 3.63) is 71.3 Å². The van der Waals surface area contributed by atoms with E-state index in [1.54, 1.807) is 31.2 Å². The number of carbonyl (C=O) groups excluding carboxylic acids is 3.